The summed E-state index contributed by atoms with van der Waals surface area (Å²) in [6.45, 7) is 7.80. The minimum atomic E-state index is -0.312. The number of aryl methyl sites for hydroxylation is 2. The number of nitrogens with zero attached hydrogens (tertiary/aromatic N) is 3. The molecule has 1 amide bonds. The lowest BCUT2D eigenvalue weighted by Crippen LogP contribution is -2.28. The van der Waals surface area contributed by atoms with Gasteiger partial charge >= 0.3 is 0 Å². The molecule has 2 N–H and O–H groups in total. The predicted molar refractivity (Wildman–Crippen MR) is 126 cm³/mol. The number of benzene rings is 1. The van der Waals surface area contributed by atoms with Crippen LogP contribution in [0.15, 0.2) is 47.4 Å². The number of amides is 1. The van der Waals surface area contributed by atoms with Crippen molar-refractivity contribution in [2.75, 3.05) is 0 Å². The van der Waals surface area contributed by atoms with E-state index in [0.29, 0.717) is 32.9 Å². The number of carbonyl (C=O) groups is 1. The number of hydrogen-bond acceptors (Lipinski definition) is 4. The summed E-state index contributed by atoms with van der Waals surface area (Å²) in [4.78, 5) is 33.1. The molecular weight excluding hydrogens is 426 g/mol. The third kappa shape index (κ3) is 4.03. The molecule has 4 aromatic rings. The molecule has 3 aromatic heterocycles. The van der Waals surface area contributed by atoms with Crippen LogP contribution in [0.3, 0.4) is 0 Å². The van der Waals surface area contributed by atoms with E-state index < -0.39 is 0 Å². The molecule has 0 bridgehead atoms. The van der Waals surface area contributed by atoms with E-state index in [1.807, 2.05) is 52.0 Å². The number of aromatic amines is 1. The second-order valence-electron chi connectivity index (χ2n) is 8.08. The lowest BCUT2D eigenvalue weighted by atomic mass is 10.1. The molecule has 0 saturated carbocycles. The van der Waals surface area contributed by atoms with Crippen molar-refractivity contribution in [3.8, 4) is 11.3 Å². The first-order chi connectivity index (χ1) is 15.3. The second kappa shape index (κ2) is 8.59. The third-order valence-electron chi connectivity index (χ3n) is 5.37. The molecule has 164 valence electrons. The Hall–Kier alpha value is -3.45. The van der Waals surface area contributed by atoms with Crippen molar-refractivity contribution in [2.24, 2.45) is 0 Å². The summed E-state index contributed by atoms with van der Waals surface area (Å²) in [5.74, 6) is -0.312. The Morgan fingerprint density at radius 2 is 1.97 bits per heavy atom. The first-order valence-corrected chi connectivity index (χ1v) is 10.7. The zero-order valence-corrected chi connectivity index (χ0v) is 19.1. The second-order valence-corrected chi connectivity index (χ2v) is 8.49. The first kappa shape index (κ1) is 21.8. The fourth-order valence-corrected chi connectivity index (χ4v) is 3.99. The minimum Gasteiger partial charge on any atom is -0.348 e. The molecule has 0 unspecified atom stereocenters. The number of pyridine rings is 2. The van der Waals surface area contributed by atoms with E-state index in [9.17, 15) is 9.59 Å². The monoisotopic (exact) mass is 449 g/mol. The molecule has 3 heterocycles. The van der Waals surface area contributed by atoms with Gasteiger partial charge in [-0.05, 0) is 51.5 Å². The van der Waals surface area contributed by atoms with Gasteiger partial charge in [-0.25, -0.2) is 9.67 Å². The number of halogens is 1. The molecule has 0 radical (unpaired) electrons. The van der Waals surface area contributed by atoms with Crippen LogP contribution in [0.2, 0.25) is 5.02 Å². The van der Waals surface area contributed by atoms with E-state index in [2.05, 4.69) is 15.4 Å². The van der Waals surface area contributed by atoms with Gasteiger partial charge in [-0.3, -0.25) is 9.59 Å². The van der Waals surface area contributed by atoms with E-state index in [-0.39, 0.29) is 24.1 Å². The van der Waals surface area contributed by atoms with Gasteiger partial charge < -0.3 is 10.3 Å². The maximum absolute atomic E-state index is 13.2. The van der Waals surface area contributed by atoms with Crippen molar-refractivity contribution >= 4 is 28.5 Å². The Bertz CT molecular complexity index is 1390. The van der Waals surface area contributed by atoms with Gasteiger partial charge in [-0.15, -0.1) is 0 Å². The number of H-pyrrole nitrogens is 1. The first-order valence-electron chi connectivity index (χ1n) is 10.4. The topological polar surface area (TPSA) is 92.7 Å². The molecule has 0 spiro atoms. The number of carbonyl (C=O) groups excluding carboxylic acids is 1. The summed E-state index contributed by atoms with van der Waals surface area (Å²) < 4.78 is 1.78. The highest BCUT2D eigenvalue weighted by molar-refractivity contribution is 6.33. The summed E-state index contributed by atoms with van der Waals surface area (Å²) in [5, 5.41) is 8.51. The number of aromatic nitrogens is 4. The Balaban J connectivity index is 1.78. The van der Waals surface area contributed by atoms with Crippen molar-refractivity contribution in [3.05, 3.63) is 80.4 Å². The van der Waals surface area contributed by atoms with Crippen LogP contribution >= 0.6 is 11.6 Å². The average Bonchev–Trinajstić information content (AvgIpc) is 3.16. The molecule has 0 saturated heterocycles. The van der Waals surface area contributed by atoms with Crippen molar-refractivity contribution in [2.45, 2.75) is 40.3 Å². The Morgan fingerprint density at radius 1 is 1.22 bits per heavy atom. The van der Waals surface area contributed by atoms with E-state index in [1.54, 1.807) is 23.0 Å². The lowest BCUT2D eigenvalue weighted by molar-refractivity contribution is 0.0952. The normalized spacial score (nSPS) is 11.3. The van der Waals surface area contributed by atoms with Gasteiger partial charge in [0.1, 0.15) is 0 Å². The number of fused-ring (bicyclic) bond motifs is 1. The maximum atomic E-state index is 13.2. The summed E-state index contributed by atoms with van der Waals surface area (Å²) in [5.41, 5.74) is 4.28. The Kier molecular flexibility index (Phi) is 5.84. The van der Waals surface area contributed by atoms with Crippen LogP contribution in [-0.2, 0) is 6.54 Å². The van der Waals surface area contributed by atoms with Crippen LogP contribution in [0.4, 0.5) is 0 Å². The number of nitrogens with one attached hydrogen (secondary N) is 2. The van der Waals surface area contributed by atoms with Crippen LogP contribution in [0, 0.1) is 13.8 Å². The van der Waals surface area contributed by atoms with Gasteiger partial charge in [0.05, 0.1) is 22.8 Å². The third-order valence-corrected chi connectivity index (χ3v) is 5.70. The molecule has 0 atom stereocenters. The highest BCUT2D eigenvalue weighted by Crippen LogP contribution is 2.30. The largest absolute Gasteiger partial charge is 0.348 e. The molecular formula is C24H24ClN5O2. The number of rotatable bonds is 5. The van der Waals surface area contributed by atoms with E-state index >= 15 is 0 Å². The molecule has 0 aliphatic heterocycles. The van der Waals surface area contributed by atoms with Gasteiger partial charge in [-0.1, -0.05) is 29.8 Å². The molecule has 4 rings (SSSR count). The molecule has 8 heteroatoms. The predicted octanol–water partition coefficient (Wildman–Crippen LogP) is 4.57. The molecule has 0 aliphatic rings. The fraction of sp³-hybridized carbons (Fsp3) is 0.250. The van der Waals surface area contributed by atoms with Crippen molar-refractivity contribution in [1.29, 1.82) is 0 Å². The molecule has 32 heavy (non-hydrogen) atoms. The van der Waals surface area contributed by atoms with Crippen LogP contribution in [0.1, 0.15) is 47.1 Å². The zero-order chi connectivity index (χ0) is 23.0. The lowest BCUT2D eigenvalue weighted by Gasteiger charge is -2.12. The van der Waals surface area contributed by atoms with E-state index in [1.165, 1.54) is 0 Å². The standard InChI is InChI=1S/C24H24ClN5O2/c1-13(2)30-22-19(12-27-30)17(10-21(29-22)16-7-5-6-8-20(16)25)23(31)26-11-18-14(3)9-15(4)28-24(18)32/h5-10,12-13H,11H2,1-4H3,(H,26,31)(H,28,32). The van der Waals surface area contributed by atoms with E-state index in [4.69, 9.17) is 16.6 Å². The van der Waals surface area contributed by atoms with Crippen molar-refractivity contribution in [1.82, 2.24) is 25.1 Å². The highest BCUT2D eigenvalue weighted by atomic mass is 35.5. The summed E-state index contributed by atoms with van der Waals surface area (Å²) >= 11 is 6.41. The van der Waals surface area contributed by atoms with Crippen molar-refractivity contribution in [3.63, 3.8) is 0 Å². The van der Waals surface area contributed by atoms with Crippen LogP contribution in [0.5, 0.6) is 0 Å². The zero-order valence-electron chi connectivity index (χ0n) is 18.4. The maximum Gasteiger partial charge on any atom is 0.253 e. The minimum absolute atomic E-state index is 0.0613. The highest BCUT2D eigenvalue weighted by Gasteiger charge is 2.20. The summed E-state index contributed by atoms with van der Waals surface area (Å²) in [6.07, 6.45) is 1.65. The smallest absolute Gasteiger partial charge is 0.253 e. The summed E-state index contributed by atoms with van der Waals surface area (Å²) in [6, 6.07) is 11.0. The van der Waals surface area contributed by atoms with Gasteiger partial charge in [0.15, 0.2) is 5.65 Å². The van der Waals surface area contributed by atoms with Gasteiger partial charge in [0, 0.05) is 34.4 Å². The van der Waals surface area contributed by atoms with Gasteiger partial charge in [-0.2, -0.15) is 5.10 Å². The quantitative estimate of drug-likeness (QED) is 0.466. The Morgan fingerprint density at radius 3 is 2.66 bits per heavy atom. The Labute approximate surface area is 190 Å². The average molecular weight is 450 g/mol. The van der Waals surface area contributed by atoms with Crippen LogP contribution < -0.4 is 10.9 Å². The van der Waals surface area contributed by atoms with Gasteiger partial charge in [0.25, 0.3) is 11.5 Å². The molecule has 0 aliphatic carbocycles. The number of hydrogen-bond donors (Lipinski definition) is 2. The molecule has 0 fully saturated rings. The molecule has 1 aromatic carbocycles. The van der Waals surface area contributed by atoms with E-state index in [0.717, 1.165) is 16.8 Å². The summed E-state index contributed by atoms with van der Waals surface area (Å²) in [7, 11) is 0. The fourth-order valence-electron chi connectivity index (χ4n) is 3.76. The van der Waals surface area contributed by atoms with Crippen LogP contribution in [-0.4, -0.2) is 25.7 Å². The SMILES string of the molecule is Cc1cc(C)c(CNC(=O)c2cc(-c3ccccc3Cl)nc3c2cnn3C(C)C)c(=O)[nH]1. The van der Waals surface area contributed by atoms with Crippen LogP contribution in [0.25, 0.3) is 22.3 Å². The van der Waals surface area contributed by atoms with Crippen molar-refractivity contribution < 1.29 is 4.79 Å². The van der Waals surface area contributed by atoms with Gasteiger partial charge in [0.2, 0.25) is 0 Å². The molecule has 7 nitrogen and oxygen atoms in total.